The molecule has 0 aliphatic heterocycles. The van der Waals surface area contributed by atoms with Crippen LogP contribution in [0.5, 0.6) is 0 Å². The molecule has 0 aliphatic rings. The topological polar surface area (TPSA) is 95.5 Å². The number of carboxylic acids is 1. The van der Waals surface area contributed by atoms with Gasteiger partial charge < -0.3 is 5.11 Å². The summed E-state index contributed by atoms with van der Waals surface area (Å²) in [7, 11) is -3.56. The van der Waals surface area contributed by atoms with E-state index >= 15 is 0 Å². The molecule has 0 aromatic heterocycles. The van der Waals surface area contributed by atoms with Crippen LogP contribution in [-0.2, 0) is 15.0 Å². The second-order valence-corrected chi connectivity index (χ2v) is 4.75. The minimum Gasteiger partial charge on any atom is -0.481 e. The van der Waals surface area contributed by atoms with Crippen LogP contribution in [0.1, 0.15) is 33.1 Å². The molecule has 0 amide bonds. The molecule has 0 saturated heterocycles. The van der Waals surface area contributed by atoms with Gasteiger partial charge >= 0.3 is 5.97 Å². The van der Waals surface area contributed by atoms with Crippen LogP contribution in [0.4, 0.5) is 0 Å². The molecule has 0 aliphatic carbocycles. The molecule has 1 unspecified atom stereocenters. The summed E-state index contributed by atoms with van der Waals surface area (Å²) in [5.74, 6) is -1.01. The lowest BCUT2D eigenvalue weighted by Gasteiger charge is -2.15. The Balaban J connectivity index is 4.21. The molecule has 0 bridgehead atoms. The second-order valence-electron chi connectivity index (χ2n) is 3.22. The standard InChI is InChI=1S/C8H18N2O4S/c1-3-5-9-15(13,14)10-7(4-2)6-8(11)12/h7,9-10H,3-6H2,1-2H3,(H,11,12). The smallest absolute Gasteiger partial charge is 0.304 e. The lowest BCUT2D eigenvalue weighted by molar-refractivity contribution is -0.137. The Morgan fingerprint density at radius 3 is 2.40 bits per heavy atom. The van der Waals surface area contributed by atoms with E-state index in [2.05, 4.69) is 9.44 Å². The van der Waals surface area contributed by atoms with Gasteiger partial charge in [0.05, 0.1) is 6.42 Å². The van der Waals surface area contributed by atoms with Crippen molar-refractivity contribution in [3.63, 3.8) is 0 Å². The third kappa shape index (κ3) is 7.29. The van der Waals surface area contributed by atoms with E-state index in [9.17, 15) is 13.2 Å². The van der Waals surface area contributed by atoms with Gasteiger partial charge in [-0.15, -0.1) is 0 Å². The second kappa shape index (κ2) is 6.76. The number of carboxylic acid groups (broad SMARTS) is 1. The molecule has 0 aromatic rings. The highest BCUT2D eigenvalue weighted by molar-refractivity contribution is 7.87. The molecular weight excluding hydrogens is 220 g/mol. The number of nitrogens with one attached hydrogen (secondary N) is 2. The first kappa shape index (κ1) is 14.3. The van der Waals surface area contributed by atoms with E-state index in [1.165, 1.54) is 0 Å². The Hall–Kier alpha value is -0.660. The monoisotopic (exact) mass is 238 g/mol. The van der Waals surface area contributed by atoms with Gasteiger partial charge in [-0.1, -0.05) is 13.8 Å². The fourth-order valence-electron chi connectivity index (χ4n) is 0.978. The molecule has 0 aromatic carbocycles. The van der Waals surface area contributed by atoms with E-state index in [0.717, 1.165) is 0 Å². The van der Waals surface area contributed by atoms with Crippen molar-refractivity contribution in [1.29, 1.82) is 0 Å². The number of aliphatic carboxylic acids is 1. The number of carbonyl (C=O) groups is 1. The van der Waals surface area contributed by atoms with Gasteiger partial charge in [-0.2, -0.15) is 13.1 Å². The lowest BCUT2D eigenvalue weighted by Crippen LogP contribution is -2.43. The minimum absolute atomic E-state index is 0.205. The van der Waals surface area contributed by atoms with Crippen molar-refractivity contribution in [2.24, 2.45) is 0 Å². The molecule has 0 fully saturated rings. The zero-order chi connectivity index (χ0) is 11.9. The zero-order valence-corrected chi connectivity index (χ0v) is 9.80. The van der Waals surface area contributed by atoms with E-state index in [1.54, 1.807) is 6.92 Å². The van der Waals surface area contributed by atoms with Gasteiger partial charge in [0.25, 0.3) is 10.2 Å². The molecule has 0 heterocycles. The molecule has 0 radical (unpaired) electrons. The van der Waals surface area contributed by atoms with Gasteiger partial charge in [0.15, 0.2) is 0 Å². The first-order valence-electron chi connectivity index (χ1n) is 4.90. The van der Waals surface area contributed by atoms with Crippen LogP contribution in [-0.4, -0.2) is 32.1 Å². The third-order valence-corrected chi connectivity index (χ3v) is 3.01. The first-order chi connectivity index (χ1) is 6.91. The molecule has 0 spiro atoms. The quantitative estimate of drug-likeness (QED) is 0.557. The van der Waals surface area contributed by atoms with Crippen LogP contribution >= 0.6 is 0 Å². The summed E-state index contributed by atoms with van der Waals surface area (Å²) in [6, 6.07) is -0.558. The van der Waals surface area contributed by atoms with Crippen LogP contribution in [0.2, 0.25) is 0 Å². The summed E-state index contributed by atoms with van der Waals surface area (Å²) in [6.07, 6.45) is 0.930. The summed E-state index contributed by atoms with van der Waals surface area (Å²) in [4.78, 5) is 10.4. The molecule has 6 nitrogen and oxygen atoms in total. The van der Waals surface area contributed by atoms with E-state index in [4.69, 9.17) is 5.11 Å². The Morgan fingerprint density at radius 2 is 2.00 bits per heavy atom. The van der Waals surface area contributed by atoms with E-state index < -0.39 is 22.2 Å². The van der Waals surface area contributed by atoms with Crippen molar-refractivity contribution in [3.8, 4) is 0 Å². The predicted octanol–water partition coefficient (Wildman–Crippen LogP) is 0.0737. The molecule has 3 N–H and O–H groups in total. The Morgan fingerprint density at radius 1 is 1.40 bits per heavy atom. The molecule has 15 heavy (non-hydrogen) atoms. The van der Waals surface area contributed by atoms with E-state index in [0.29, 0.717) is 19.4 Å². The van der Waals surface area contributed by atoms with Crippen molar-refractivity contribution in [3.05, 3.63) is 0 Å². The van der Waals surface area contributed by atoms with Gasteiger partial charge in [0.1, 0.15) is 0 Å². The van der Waals surface area contributed by atoms with Crippen LogP contribution in [0.25, 0.3) is 0 Å². The van der Waals surface area contributed by atoms with Gasteiger partial charge in [0, 0.05) is 12.6 Å². The van der Waals surface area contributed by atoms with Gasteiger partial charge in [-0.25, -0.2) is 4.72 Å². The van der Waals surface area contributed by atoms with Crippen LogP contribution in [0, 0.1) is 0 Å². The van der Waals surface area contributed by atoms with Crippen molar-refractivity contribution in [2.45, 2.75) is 39.2 Å². The molecule has 90 valence electrons. The predicted molar refractivity (Wildman–Crippen MR) is 56.7 cm³/mol. The number of rotatable bonds is 8. The minimum atomic E-state index is -3.56. The third-order valence-electron chi connectivity index (χ3n) is 1.78. The SMILES string of the molecule is CCCNS(=O)(=O)NC(CC)CC(=O)O. The lowest BCUT2D eigenvalue weighted by atomic mass is 10.2. The van der Waals surface area contributed by atoms with Gasteiger partial charge in [-0.05, 0) is 12.8 Å². The van der Waals surface area contributed by atoms with Crippen molar-refractivity contribution >= 4 is 16.2 Å². The molecule has 0 rings (SSSR count). The summed E-state index contributed by atoms with van der Waals surface area (Å²) < 4.78 is 27.3. The number of hydrogen-bond acceptors (Lipinski definition) is 3. The zero-order valence-electron chi connectivity index (χ0n) is 8.99. The summed E-state index contributed by atoms with van der Waals surface area (Å²) in [5, 5.41) is 8.53. The average molecular weight is 238 g/mol. The summed E-state index contributed by atoms with van der Waals surface area (Å²) >= 11 is 0. The van der Waals surface area contributed by atoms with Crippen molar-refractivity contribution in [2.75, 3.05) is 6.54 Å². The van der Waals surface area contributed by atoms with Crippen LogP contribution in [0.3, 0.4) is 0 Å². The average Bonchev–Trinajstić information content (AvgIpc) is 2.12. The van der Waals surface area contributed by atoms with Crippen LogP contribution < -0.4 is 9.44 Å². The molecule has 0 saturated carbocycles. The highest BCUT2D eigenvalue weighted by Crippen LogP contribution is 1.99. The maximum Gasteiger partial charge on any atom is 0.304 e. The van der Waals surface area contributed by atoms with Gasteiger partial charge in [-0.3, -0.25) is 4.79 Å². The molecular formula is C8H18N2O4S. The highest BCUT2D eigenvalue weighted by Gasteiger charge is 2.17. The highest BCUT2D eigenvalue weighted by atomic mass is 32.2. The molecule has 7 heteroatoms. The summed E-state index contributed by atoms with van der Waals surface area (Å²) in [6.45, 7) is 3.92. The Bertz CT molecular complexity index is 289. The Kier molecular flexibility index (Phi) is 6.46. The summed E-state index contributed by atoms with van der Waals surface area (Å²) in [5.41, 5.74) is 0. The fourth-order valence-corrected chi connectivity index (χ4v) is 2.22. The maximum absolute atomic E-state index is 11.3. The van der Waals surface area contributed by atoms with E-state index in [1.807, 2.05) is 6.92 Å². The van der Waals surface area contributed by atoms with E-state index in [-0.39, 0.29) is 6.42 Å². The normalized spacial score (nSPS) is 13.7. The van der Waals surface area contributed by atoms with Crippen LogP contribution in [0.15, 0.2) is 0 Å². The fraction of sp³-hybridized carbons (Fsp3) is 0.875. The van der Waals surface area contributed by atoms with Gasteiger partial charge in [0.2, 0.25) is 0 Å². The van der Waals surface area contributed by atoms with Crippen molar-refractivity contribution < 1.29 is 18.3 Å². The number of hydrogen-bond donors (Lipinski definition) is 3. The maximum atomic E-state index is 11.3. The Labute approximate surface area is 90.2 Å². The largest absolute Gasteiger partial charge is 0.481 e. The molecule has 1 atom stereocenters. The van der Waals surface area contributed by atoms with Crippen molar-refractivity contribution in [1.82, 2.24) is 9.44 Å². The first-order valence-corrected chi connectivity index (χ1v) is 6.38.